The van der Waals surface area contributed by atoms with Crippen LogP contribution in [0.3, 0.4) is 0 Å². The van der Waals surface area contributed by atoms with E-state index >= 15 is 0 Å². The Labute approximate surface area is 117 Å². The van der Waals surface area contributed by atoms with E-state index in [9.17, 15) is 8.42 Å². The fraction of sp³-hybridized carbons (Fsp3) is 1.00. The molecule has 0 fully saturated rings. The van der Waals surface area contributed by atoms with Crippen molar-refractivity contribution < 1.29 is 13.2 Å². The molecule has 18 heavy (non-hydrogen) atoms. The smallest absolute Gasteiger partial charge is 0.214 e. The number of hydrogen-bond donors (Lipinski definition) is 0. The number of unbranched alkanes of at least 4 members (excludes halogenated alkanes) is 1. The monoisotopic (exact) mass is 299 g/mol. The number of nitrogens with zero attached hydrogens (tertiary/aromatic N) is 1. The van der Waals surface area contributed by atoms with Crippen molar-refractivity contribution in [2.24, 2.45) is 0 Å². The highest BCUT2D eigenvalue weighted by molar-refractivity contribution is 7.89. The summed E-state index contributed by atoms with van der Waals surface area (Å²) in [5.41, 5.74) is 0. The number of ether oxygens (including phenoxy) is 1. The normalized spacial score (nSPS) is 12.6. The van der Waals surface area contributed by atoms with Crippen LogP contribution in [-0.2, 0) is 14.8 Å². The lowest BCUT2D eigenvalue weighted by atomic mass is 10.2. The molecule has 110 valence electrons. The molecule has 6 heteroatoms. The molecule has 0 aromatic heterocycles. The highest BCUT2D eigenvalue weighted by atomic mass is 35.5. The molecule has 0 atom stereocenters. The fourth-order valence-corrected chi connectivity index (χ4v) is 4.02. The van der Waals surface area contributed by atoms with Crippen LogP contribution >= 0.6 is 11.6 Å². The van der Waals surface area contributed by atoms with Crippen LogP contribution < -0.4 is 0 Å². The van der Waals surface area contributed by atoms with Gasteiger partial charge in [0.1, 0.15) is 0 Å². The molecule has 0 aromatic carbocycles. The van der Waals surface area contributed by atoms with Crippen LogP contribution in [0, 0.1) is 0 Å². The molecule has 0 aliphatic rings. The van der Waals surface area contributed by atoms with Crippen LogP contribution in [0.1, 0.15) is 39.5 Å². The number of methoxy groups -OCH3 is 1. The summed E-state index contributed by atoms with van der Waals surface area (Å²) in [6.07, 6.45) is 3.02. The van der Waals surface area contributed by atoms with Crippen molar-refractivity contribution in [2.45, 2.75) is 45.6 Å². The van der Waals surface area contributed by atoms with Gasteiger partial charge in [-0.25, -0.2) is 8.42 Å². The first-order valence-corrected chi connectivity index (χ1v) is 8.72. The average Bonchev–Trinajstić information content (AvgIpc) is 2.34. The van der Waals surface area contributed by atoms with Gasteiger partial charge in [-0.1, -0.05) is 13.8 Å². The second-order valence-corrected chi connectivity index (χ2v) is 6.70. The SMILES string of the molecule is CCC(CC)N(CCOC)S(=O)(=O)CCCCCl. The third kappa shape index (κ3) is 6.36. The van der Waals surface area contributed by atoms with E-state index in [-0.39, 0.29) is 11.8 Å². The molecular formula is C12H26ClNO3S. The summed E-state index contributed by atoms with van der Waals surface area (Å²) in [4.78, 5) is 0. The van der Waals surface area contributed by atoms with Crippen LogP contribution in [0.2, 0.25) is 0 Å². The molecule has 0 amide bonds. The molecular weight excluding hydrogens is 274 g/mol. The molecule has 0 unspecified atom stereocenters. The lowest BCUT2D eigenvalue weighted by Crippen LogP contribution is -2.42. The zero-order chi connectivity index (χ0) is 14.0. The molecule has 0 spiro atoms. The number of hydrogen-bond acceptors (Lipinski definition) is 3. The minimum absolute atomic E-state index is 0.0705. The number of alkyl halides is 1. The Hall–Kier alpha value is 0.160. The first-order chi connectivity index (χ1) is 8.53. The van der Waals surface area contributed by atoms with Gasteiger partial charge in [-0.15, -0.1) is 11.6 Å². The summed E-state index contributed by atoms with van der Waals surface area (Å²) in [5.74, 6) is 0.693. The van der Waals surface area contributed by atoms with Gasteiger partial charge in [0.2, 0.25) is 10.0 Å². The maximum absolute atomic E-state index is 12.3. The molecule has 0 saturated carbocycles. The van der Waals surface area contributed by atoms with Gasteiger partial charge < -0.3 is 4.74 Å². The Balaban J connectivity index is 4.69. The van der Waals surface area contributed by atoms with Gasteiger partial charge in [-0.3, -0.25) is 0 Å². The molecule has 0 radical (unpaired) electrons. The van der Waals surface area contributed by atoms with Crippen LogP contribution in [0.5, 0.6) is 0 Å². The maximum atomic E-state index is 12.3. The van der Waals surface area contributed by atoms with Crippen molar-refractivity contribution in [3.05, 3.63) is 0 Å². The van der Waals surface area contributed by atoms with E-state index in [1.54, 1.807) is 11.4 Å². The lowest BCUT2D eigenvalue weighted by Gasteiger charge is -2.29. The van der Waals surface area contributed by atoms with E-state index in [4.69, 9.17) is 16.3 Å². The number of sulfonamides is 1. The van der Waals surface area contributed by atoms with Crippen molar-refractivity contribution in [2.75, 3.05) is 31.9 Å². The third-order valence-electron chi connectivity index (χ3n) is 3.01. The van der Waals surface area contributed by atoms with E-state index in [0.717, 1.165) is 19.3 Å². The molecule has 0 aliphatic carbocycles. The number of halogens is 1. The highest BCUT2D eigenvalue weighted by Gasteiger charge is 2.27. The van der Waals surface area contributed by atoms with Gasteiger partial charge in [0.15, 0.2) is 0 Å². The van der Waals surface area contributed by atoms with E-state index in [0.29, 0.717) is 25.5 Å². The van der Waals surface area contributed by atoms with E-state index in [1.807, 2.05) is 13.8 Å². The average molecular weight is 300 g/mol. The zero-order valence-corrected chi connectivity index (χ0v) is 13.3. The minimum atomic E-state index is -3.20. The molecule has 0 saturated heterocycles. The van der Waals surface area contributed by atoms with Gasteiger partial charge in [-0.05, 0) is 25.7 Å². The predicted molar refractivity (Wildman–Crippen MR) is 76.7 cm³/mol. The van der Waals surface area contributed by atoms with Gasteiger partial charge in [0, 0.05) is 25.6 Å². The standard InChI is InChI=1S/C12H26ClNO3S/c1-4-12(5-2)14(9-10-17-3)18(15,16)11-7-6-8-13/h12H,4-11H2,1-3H3. The minimum Gasteiger partial charge on any atom is -0.383 e. The Kier molecular flexibility index (Phi) is 10.1. The summed E-state index contributed by atoms with van der Waals surface area (Å²) in [6, 6.07) is 0.0705. The highest BCUT2D eigenvalue weighted by Crippen LogP contribution is 2.15. The van der Waals surface area contributed by atoms with Gasteiger partial charge in [0.05, 0.1) is 12.4 Å². The molecule has 0 N–H and O–H groups in total. The largest absolute Gasteiger partial charge is 0.383 e. The second kappa shape index (κ2) is 10.0. The van der Waals surface area contributed by atoms with E-state index < -0.39 is 10.0 Å². The number of rotatable bonds is 11. The summed E-state index contributed by atoms with van der Waals surface area (Å²) in [5, 5.41) is 0. The Bertz CT molecular complexity index is 292. The van der Waals surface area contributed by atoms with Crippen LogP contribution in [0.4, 0.5) is 0 Å². The predicted octanol–water partition coefficient (Wildman–Crippen LogP) is 2.47. The maximum Gasteiger partial charge on any atom is 0.214 e. The van der Waals surface area contributed by atoms with Crippen molar-refractivity contribution in [1.29, 1.82) is 0 Å². The molecule has 0 aliphatic heterocycles. The molecule has 0 heterocycles. The van der Waals surface area contributed by atoms with Crippen LogP contribution in [0.15, 0.2) is 0 Å². The summed E-state index contributed by atoms with van der Waals surface area (Å²) in [7, 11) is -1.61. The molecule has 0 rings (SSSR count). The van der Waals surface area contributed by atoms with Crippen molar-refractivity contribution in [3.8, 4) is 0 Å². The first-order valence-electron chi connectivity index (χ1n) is 6.57. The molecule has 0 bridgehead atoms. The quantitative estimate of drug-likeness (QED) is 0.435. The van der Waals surface area contributed by atoms with E-state index in [1.165, 1.54) is 0 Å². The third-order valence-corrected chi connectivity index (χ3v) is 5.28. The topological polar surface area (TPSA) is 46.6 Å². The van der Waals surface area contributed by atoms with Gasteiger partial charge >= 0.3 is 0 Å². The van der Waals surface area contributed by atoms with Crippen LogP contribution in [0.25, 0.3) is 0 Å². The van der Waals surface area contributed by atoms with Crippen molar-refractivity contribution in [1.82, 2.24) is 4.31 Å². The summed E-state index contributed by atoms with van der Waals surface area (Å²) >= 11 is 5.58. The van der Waals surface area contributed by atoms with Gasteiger partial charge in [-0.2, -0.15) is 4.31 Å². The Morgan fingerprint density at radius 1 is 1.22 bits per heavy atom. The fourth-order valence-electron chi connectivity index (χ4n) is 1.92. The van der Waals surface area contributed by atoms with Crippen molar-refractivity contribution >= 4 is 21.6 Å². The Morgan fingerprint density at radius 3 is 2.28 bits per heavy atom. The zero-order valence-electron chi connectivity index (χ0n) is 11.7. The van der Waals surface area contributed by atoms with Crippen LogP contribution in [-0.4, -0.2) is 50.7 Å². The summed E-state index contributed by atoms with van der Waals surface area (Å²) < 4.78 is 31.2. The van der Waals surface area contributed by atoms with Gasteiger partial charge in [0.25, 0.3) is 0 Å². The first kappa shape index (κ1) is 18.2. The van der Waals surface area contributed by atoms with Crippen molar-refractivity contribution in [3.63, 3.8) is 0 Å². The molecule has 0 aromatic rings. The Morgan fingerprint density at radius 2 is 1.83 bits per heavy atom. The summed E-state index contributed by atoms with van der Waals surface area (Å²) in [6.45, 7) is 4.90. The molecule has 4 nitrogen and oxygen atoms in total. The second-order valence-electron chi connectivity index (χ2n) is 4.29. The lowest BCUT2D eigenvalue weighted by molar-refractivity contribution is 0.163. The van der Waals surface area contributed by atoms with E-state index in [2.05, 4.69) is 0 Å².